The third-order valence-corrected chi connectivity index (χ3v) is 11.7. The Morgan fingerprint density at radius 1 is 0.526 bits per heavy atom. The Hall–Kier alpha value is -1.35. The van der Waals surface area contributed by atoms with E-state index < -0.39 is 71.2 Å². The summed E-state index contributed by atoms with van der Waals surface area (Å²) in [5.74, 6) is -1.96. The number of carbonyl (C=O) groups is 2. The smallest absolute Gasteiger partial charge is 0.306 e. The zero-order valence-corrected chi connectivity index (χ0v) is 36.8. The van der Waals surface area contributed by atoms with Gasteiger partial charge < -0.3 is 34.3 Å². The summed E-state index contributed by atoms with van der Waals surface area (Å²) in [7, 11) is -4.59. The van der Waals surface area contributed by atoms with Crippen molar-refractivity contribution in [3.8, 4) is 0 Å². The summed E-state index contributed by atoms with van der Waals surface area (Å²) >= 11 is 0. The number of aliphatic hydroxyl groups excluding tert-OH is 3. The molecule has 0 spiro atoms. The minimum absolute atomic E-state index is 0.172. The Kier molecular flexibility index (Phi) is 33.3. The molecule has 1 heterocycles. The highest BCUT2D eigenvalue weighted by Gasteiger charge is 2.46. The average molecular weight is 837 g/mol. The van der Waals surface area contributed by atoms with Crippen molar-refractivity contribution in [2.45, 2.75) is 250 Å². The van der Waals surface area contributed by atoms with Gasteiger partial charge >= 0.3 is 11.9 Å². The molecule has 1 aliphatic rings. The van der Waals surface area contributed by atoms with E-state index in [2.05, 4.69) is 13.8 Å². The lowest BCUT2D eigenvalue weighted by Crippen LogP contribution is -2.60. The molecule has 0 aromatic rings. The van der Waals surface area contributed by atoms with E-state index in [4.69, 9.17) is 18.9 Å². The fraction of sp³-hybridized carbons (Fsp3) is 0.955. The normalized spacial score (nSPS) is 20.4. The second-order valence-electron chi connectivity index (χ2n) is 16.4. The summed E-state index contributed by atoms with van der Waals surface area (Å²) < 4.78 is 54.0. The van der Waals surface area contributed by atoms with Crippen LogP contribution in [0.3, 0.4) is 0 Å². The highest BCUT2D eigenvalue weighted by molar-refractivity contribution is 7.85. The van der Waals surface area contributed by atoms with Gasteiger partial charge in [-0.3, -0.25) is 14.1 Å². The molecule has 12 nitrogen and oxygen atoms in total. The van der Waals surface area contributed by atoms with Gasteiger partial charge in [-0.1, -0.05) is 187 Å². The molecular weight excluding hydrogens is 753 g/mol. The molecule has 1 fully saturated rings. The quantitative estimate of drug-likeness (QED) is 0.0262. The summed E-state index contributed by atoms with van der Waals surface area (Å²) in [6.45, 7) is 3.78. The monoisotopic (exact) mass is 837 g/mol. The van der Waals surface area contributed by atoms with Gasteiger partial charge in [-0.15, -0.1) is 0 Å². The first-order valence-electron chi connectivity index (χ1n) is 23.1. The van der Waals surface area contributed by atoms with E-state index in [0.29, 0.717) is 12.8 Å². The minimum Gasteiger partial charge on any atom is -0.462 e. The van der Waals surface area contributed by atoms with Crippen LogP contribution in [0.5, 0.6) is 0 Å². The summed E-state index contributed by atoms with van der Waals surface area (Å²) in [4.78, 5) is 25.4. The summed E-state index contributed by atoms with van der Waals surface area (Å²) in [5.41, 5.74) is 0. The fourth-order valence-corrected chi connectivity index (χ4v) is 8.02. The molecule has 4 N–H and O–H groups in total. The van der Waals surface area contributed by atoms with Gasteiger partial charge in [0, 0.05) is 12.8 Å². The predicted octanol–water partition coefficient (Wildman–Crippen LogP) is 9.29. The summed E-state index contributed by atoms with van der Waals surface area (Å²) in [5, 5.41) is 30.9. The summed E-state index contributed by atoms with van der Waals surface area (Å²) in [6.07, 6.45) is 25.8. The Labute approximate surface area is 346 Å². The molecule has 57 heavy (non-hydrogen) atoms. The molecule has 1 rings (SSSR count). The molecule has 338 valence electrons. The fourth-order valence-electron chi connectivity index (χ4n) is 7.33. The molecule has 1 aliphatic heterocycles. The lowest BCUT2D eigenvalue weighted by molar-refractivity contribution is -0.297. The molecular formula is C44H84O12S. The molecule has 0 radical (unpaired) electrons. The van der Waals surface area contributed by atoms with Crippen molar-refractivity contribution in [3.05, 3.63) is 0 Å². The van der Waals surface area contributed by atoms with Gasteiger partial charge in [0.25, 0.3) is 10.1 Å². The van der Waals surface area contributed by atoms with Crippen LogP contribution in [-0.2, 0) is 38.7 Å². The van der Waals surface area contributed by atoms with Gasteiger partial charge in [0.15, 0.2) is 12.4 Å². The number of hydrogen-bond donors (Lipinski definition) is 4. The average Bonchev–Trinajstić information content (AvgIpc) is 3.17. The molecule has 0 bridgehead atoms. The highest BCUT2D eigenvalue weighted by Crippen LogP contribution is 2.24. The zero-order chi connectivity index (χ0) is 42.0. The number of hydrogen-bond acceptors (Lipinski definition) is 11. The van der Waals surface area contributed by atoms with E-state index in [0.717, 1.165) is 38.5 Å². The van der Waals surface area contributed by atoms with Crippen LogP contribution in [0.25, 0.3) is 0 Å². The molecule has 0 aromatic carbocycles. The first-order chi connectivity index (χ1) is 27.5. The van der Waals surface area contributed by atoms with E-state index in [1.54, 1.807) is 0 Å². The van der Waals surface area contributed by atoms with Crippen molar-refractivity contribution >= 4 is 22.1 Å². The number of carbonyl (C=O) groups excluding carboxylic acids is 2. The van der Waals surface area contributed by atoms with Gasteiger partial charge in [0.1, 0.15) is 36.8 Å². The van der Waals surface area contributed by atoms with Crippen LogP contribution in [0.15, 0.2) is 0 Å². The Morgan fingerprint density at radius 3 is 1.28 bits per heavy atom. The van der Waals surface area contributed by atoms with Gasteiger partial charge in [-0.2, -0.15) is 8.42 Å². The molecule has 0 aromatic heterocycles. The minimum atomic E-state index is -4.59. The molecule has 0 aliphatic carbocycles. The number of ether oxygens (including phenoxy) is 4. The maximum Gasteiger partial charge on any atom is 0.306 e. The van der Waals surface area contributed by atoms with Crippen molar-refractivity contribution in [2.24, 2.45) is 0 Å². The maximum atomic E-state index is 12.8. The van der Waals surface area contributed by atoms with Crippen LogP contribution in [-0.4, -0.2) is 96.0 Å². The highest BCUT2D eigenvalue weighted by atomic mass is 32.2. The van der Waals surface area contributed by atoms with Crippen LogP contribution in [0, 0.1) is 0 Å². The van der Waals surface area contributed by atoms with Crippen molar-refractivity contribution in [1.82, 2.24) is 0 Å². The number of aliphatic hydroxyl groups is 3. The second-order valence-corrected chi connectivity index (χ2v) is 17.9. The van der Waals surface area contributed by atoms with Crippen LogP contribution < -0.4 is 0 Å². The van der Waals surface area contributed by atoms with Gasteiger partial charge in [-0.25, -0.2) is 0 Å². The maximum absolute atomic E-state index is 12.8. The van der Waals surface area contributed by atoms with Gasteiger partial charge in [-0.05, 0) is 12.8 Å². The van der Waals surface area contributed by atoms with E-state index in [9.17, 15) is 37.9 Å². The molecule has 2 unspecified atom stereocenters. The Balaban J connectivity index is 2.40. The molecule has 0 saturated carbocycles. The molecule has 6 atom stereocenters. The second kappa shape index (κ2) is 35.4. The van der Waals surface area contributed by atoms with Crippen molar-refractivity contribution in [1.29, 1.82) is 0 Å². The largest absolute Gasteiger partial charge is 0.462 e. The molecule has 1 saturated heterocycles. The number of unbranched alkanes of at least 4 members (excludes halogenated alkanes) is 27. The van der Waals surface area contributed by atoms with E-state index in [1.165, 1.54) is 135 Å². The number of esters is 2. The van der Waals surface area contributed by atoms with E-state index >= 15 is 0 Å². The van der Waals surface area contributed by atoms with Crippen LogP contribution in [0.2, 0.25) is 0 Å². The molecule has 0 amide bonds. The first-order valence-corrected chi connectivity index (χ1v) is 24.7. The third-order valence-electron chi connectivity index (χ3n) is 10.9. The zero-order valence-electron chi connectivity index (χ0n) is 36.0. The van der Waals surface area contributed by atoms with Gasteiger partial charge in [0.05, 0.1) is 6.61 Å². The topological polar surface area (TPSA) is 186 Å². The van der Waals surface area contributed by atoms with Crippen LogP contribution in [0.1, 0.15) is 213 Å². The Morgan fingerprint density at radius 2 is 0.895 bits per heavy atom. The Bertz CT molecular complexity index is 1070. The van der Waals surface area contributed by atoms with Crippen LogP contribution in [0.4, 0.5) is 0 Å². The predicted molar refractivity (Wildman–Crippen MR) is 224 cm³/mol. The lowest BCUT2D eigenvalue weighted by Gasteiger charge is -2.40. The van der Waals surface area contributed by atoms with Crippen LogP contribution >= 0.6 is 0 Å². The molecule has 13 heteroatoms. The standard InChI is InChI=1S/C44H84O12S/c1-3-5-7-9-11-13-15-17-18-19-20-21-23-24-26-28-30-32-39(45)53-34-37(35-54-44-43(49)42(48)41(47)38(56-44)36-57(50,51)52)55-40(46)33-31-29-27-25-22-16-14-12-10-8-6-4-2/h37-38,41-44,47-49H,3-36H2,1-2H3,(H,50,51,52)/t37-,38-,41-,42?,43?,44+/m1/s1. The van der Waals surface area contributed by atoms with Crippen molar-refractivity contribution < 1.29 is 56.8 Å². The van der Waals surface area contributed by atoms with Gasteiger partial charge in [0.2, 0.25) is 0 Å². The van der Waals surface area contributed by atoms with Crippen molar-refractivity contribution in [2.75, 3.05) is 19.0 Å². The lowest BCUT2D eigenvalue weighted by atomic mass is 10.00. The summed E-state index contributed by atoms with van der Waals surface area (Å²) in [6, 6.07) is 0. The third kappa shape index (κ3) is 30.4. The number of rotatable bonds is 39. The SMILES string of the molecule is CCCCCCCCCCCCCCCCCCCC(=O)OC[C@H](CO[C@H]1O[C@H](CS(=O)(=O)O)[C@@H](O)C(O)C1O)OC(=O)CCCCCCCCCCCCCC. The van der Waals surface area contributed by atoms with Crippen molar-refractivity contribution in [3.63, 3.8) is 0 Å². The first kappa shape index (κ1) is 53.7. The van der Waals surface area contributed by atoms with E-state index in [-0.39, 0.29) is 19.4 Å². The van der Waals surface area contributed by atoms with E-state index in [1.807, 2.05) is 0 Å².